The maximum atomic E-state index is 10.7. The maximum absolute atomic E-state index is 10.7. The van der Waals surface area contributed by atoms with E-state index >= 15 is 0 Å². The van der Waals surface area contributed by atoms with Gasteiger partial charge in [-0.15, -0.1) is 0 Å². The van der Waals surface area contributed by atoms with Gasteiger partial charge in [-0.2, -0.15) is 5.10 Å². The highest BCUT2D eigenvalue weighted by molar-refractivity contribution is 9.09. The minimum absolute atomic E-state index is 0.319. The number of hydrogen-bond donors (Lipinski definition) is 0. The molecule has 0 spiro atoms. The van der Waals surface area contributed by atoms with Crippen LogP contribution in [0.2, 0.25) is 0 Å². The van der Waals surface area contributed by atoms with E-state index in [1.54, 1.807) is 10.9 Å². The Kier molecular flexibility index (Phi) is 2.97. The minimum atomic E-state index is -0.319. The number of alkyl halides is 1. The van der Waals surface area contributed by atoms with Crippen molar-refractivity contribution in [3.63, 3.8) is 0 Å². The fourth-order valence-corrected chi connectivity index (χ4v) is 1.72. The van der Waals surface area contributed by atoms with Crippen LogP contribution in [0.3, 0.4) is 0 Å². The van der Waals surface area contributed by atoms with Crippen LogP contribution in [0.25, 0.3) is 5.69 Å². The average molecular weight is 265 g/mol. The number of nitrogens with zero attached hydrogens (tertiary/aromatic N) is 2. The number of para-hydroxylation sites is 1. The van der Waals surface area contributed by atoms with Crippen LogP contribution < -0.4 is 0 Å². The van der Waals surface area contributed by atoms with Crippen molar-refractivity contribution in [3.05, 3.63) is 48.3 Å². The van der Waals surface area contributed by atoms with Crippen molar-refractivity contribution in [2.24, 2.45) is 0 Å². The number of carbonyl (C=O) groups is 1. The van der Waals surface area contributed by atoms with E-state index in [0.717, 1.165) is 17.7 Å². The van der Waals surface area contributed by atoms with E-state index in [1.165, 1.54) is 0 Å². The summed E-state index contributed by atoms with van der Waals surface area (Å²) in [6.45, 7) is 0. The molecule has 3 nitrogen and oxygen atoms in total. The minimum Gasteiger partial charge on any atom is -0.302 e. The molecule has 2 aromatic rings. The first-order valence-corrected chi connectivity index (χ1v) is 5.43. The maximum Gasteiger partial charge on any atom is 0.139 e. The molecular weight excluding hydrogens is 256 g/mol. The van der Waals surface area contributed by atoms with E-state index in [9.17, 15) is 4.79 Å². The Labute approximate surface area is 95.9 Å². The Bertz CT molecular complexity index is 453. The van der Waals surface area contributed by atoms with Gasteiger partial charge in [0.05, 0.1) is 11.4 Å². The zero-order chi connectivity index (χ0) is 10.7. The lowest BCUT2D eigenvalue weighted by Gasteiger charge is -2.07. The van der Waals surface area contributed by atoms with Crippen LogP contribution in [0.5, 0.6) is 0 Å². The summed E-state index contributed by atoms with van der Waals surface area (Å²) in [5.41, 5.74) is 1.78. The fourth-order valence-electron chi connectivity index (χ4n) is 1.38. The highest BCUT2D eigenvalue weighted by Gasteiger charge is 2.12. The van der Waals surface area contributed by atoms with Crippen molar-refractivity contribution < 1.29 is 4.79 Å². The monoisotopic (exact) mass is 264 g/mol. The molecule has 1 unspecified atom stereocenters. The van der Waals surface area contributed by atoms with Gasteiger partial charge in [-0.05, 0) is 18.2 Å². The van der Waals surface area contributed by atoms with Crippen molar-refractivity contribution in [3.8, 4) is 5.69 Å². The van der Waals surface area contributed by atoms with Crippen LogP contribution in [0.15, 0.2) is 42.6 Å². The molecule has 0 bridgehead atoms. The third-order valence-electron chi connectivity index (χ3n) is 2.07. The van der Waals surface area contributed by atoms with Crippen molar-refractivity contribution in [1.29, 1.82) is 0 Å². The summed E-state index contributed by atoms with van der Waals surface area (Å²) < 4.78 is 1.74. The quantitative estimate of drug-likeness (QED) is 0.631. The molecular formula is C11H9BrN2O. The normalized spacial score (nSPS) is 12.3. The summed E-state index contributed by atoms with van der Waals surface area (Å²) in [4.78, 5) is 10.4. The molecule has 1 atom stereocenters. The van der Waals surface area contributed by atoms with Gasteiger partial charge in [0.1, 0.15) is 11.1 Å². The molecule has 4 heteroatoms. The summed E-state index contributed by atoms with van der Waals surface area (Å²) in [7, 11) is 0. The molecule has 0 fully saturated rings. The van der Waals surface area contributed by atoms with Crippen LogP contribution in [-0.2, 0) is 4.79 Å². The first-order valence-electron chi connectivity index (χ1n) is 4.51. The lowest BCUT2D eigenvalue weighted by molar-refractivity contribution is -0.107. The Morgan fingerprint density at radius 1 is 1.27 bits per heavy atom. The number of carbonyl (C=O) groups excluding carboxylic acids is 1. The zero-order valence-electron chi connectivity index (χ0n) is 7.88. The van der Waals surface area contributed by atoms with Crippen molar-refractivity contribution in [2.75, 3.05) is 0 Å². The number of hydrogen-bond acceptors (Lipinski definition) is 2. The summed E-state index contributed by atoms with van der Waals surface area (Å²) in [5, 5.41) is 4.18. The van der Waals surface area contributed by atoms with Crippen molar-refractivity contribution in [2.45, 2.75) is 4.83 Å². The summed E-state index contributed by atoms with van der Waals surface area (Å²) in [6.07, 6.45) is 2.52. The predicted molar refractivity (Wildman–Crippen MR) is 61.3 cm³/mol. The second-order valence-electron chi connectivity index (χ2n) is 3.04. The second-order valence-corrected chi connectivity index (χ2v) is 4.03. The number of rotatable bonds is 3. The molecule has 0 aliphatic carbocycles. The smallest absolute Gasteiger partial charge is 0.139 e. The van der Waals surface area contributed by atoms with Crippen LogP contribution in [0.4, 0.5) is 0 Å². The van der Waals surface area contributed by atoms with Gasteiger partial charge in [0.2, 0.25) is 0 Å². The number of benzene rings is 1. The van der Waals surface area contributed by atoms with Crippen LogP contribution in [0.1, 0.15) is 10.5 Å². The van der Waals surface area contributed by atoms with Gasteiger partial charge in [-0.1, -0.05) is 34.1 Å². The SMILES string of the molecule is O=CC(Br)c1ccnn1-c1ccccc1. The lowest BCUT2D eigenvalue weighted by atomic mass is 10.3. The summed E-state index contributed by atoms with van der Waals surface area (Å²) >= 11 is 3.28. The Morgan fingerprint density at radius 2 is 2.00 bits per heavy atom. The molecule has 1 aromatic carbocycles. The van der Waals surface area contributed by atoms with E-state index in [1.807, 2.05) is 36.4 Å². The third-order valence-corrected chi connectivity index (χ3v) is 2.76. The number of halogens is 1. The first-order chi connectivity index (χ1) is 7.33. The largest absolute Gasteiger partial charge is 0.302 e. The molecule has 15 heavy (non-hydrogen) atoms. The van der Waals surface area contributed by atoms with Crippen LogP contribution in [0, 0.1) is 0 Å². The Morgan fingerprint density at radius 3 is 2.67 bits per heavy atom. The highest BCUT2D eigenvalue weighted by atomic mass is 79.9. The number of aldehydes is 1. The highest BCUT2D eigenvalue weighted by Crippen LogP contribution is 2.22. The van der Waals surface area contributed by atoms with E-state index in [4.69, 9.17) is 0 Å². The van der Waals surface area contributed by atoms with Crippen LogP contribution in [-0.4, -0.2) is 16.1 Å². The van der Waals surface area contributed by atoms with Gasteiger partial charge in [-0.25, -0.2) is 4.68 Å². The van der Waals surface area contributed by atoms with Crippen LogP contribution >= 0.6 is 15.9 Å². The van der Waals surface area contributed by atoms with Crippen molar-refractivity contribution >= 4 is 22.2 Å². The van der Waals surface area contributed by atoms with Crippen molar-refractivity contribution in [1.82, 2.24) is 9.78 Å². The van der Waals surface area contributed by atoms with Gasteiger partial charge in [0.15, 0.2) is 0 Å². The molecule has 76 valence electrons. The lowest BCUT2D eigenvalue weighted by Crippen LogP contribution is -2.04. The topological polar surface area (TPSA) is 34.9 Å². The van der Waals surface area contributed by atoms with E-state index < -0.39 is 0 Å². The standard InChI is InChI=1S/C11H9BrN2O/c12-10(8-15)11-6-7-13-14(11)9-4-2-1-3-5-9/h1-8,10H. The summed E-state index contributed by atoms with van der Waals surface area (Å²) in [5.74, 6) is 0. The molecule has 0 N–H and O–H groups in total. The van der Waals surface area contributed by atoms with E-state index in [0.29, 0.717) is 0 Å². The Hall–Kier alpha value is -1.42. The van der Waals surface area contributed by atoms with E-state index in [-0.39, 0.29) is 4.83 Å². The average Bonchev–Trinajstić information content (AvgIpc) is 2.78. The number of aromatic nitrogens is 2. The molecule has 1 aromatic heterocycles. The zero-order valence-corrected chi connectivity index (χ0v) is 9.46. The van der Waals surface area contributed by atoms with Gasteiger partial charge in [0, 0.05) is 6.20 Å². The molecule has 1 heterocycles. The molecule has 0 aliphatic heterocycles. The molecule has 0 saturated carbocycles. The molecule has 0 amide bonds. The second kappa shape index (κ2) is 4.40. The first kappa shape index (κ1) is 10.1. The predicted octanol–water partition coefficient (Wildman–Crippen LogP) is 2.51. The van der Waals surface area contributed by atoms with Gasteiger partial charge >= 0.3 is 0 Å². The fraction of sp³-hybridized carbons (Fsp3) is 0.0909. The van der Waals surface area contributed by atoms with Gasteiger partial charge in [0.25, 0.3) is 0 Å². The molecule has 0 saturated heterocycles. The molecule has 2 rings (SSSR count). The summed E-state index contributed by atoms with van der Waals surface area (Å²) in [6, 6.07) is 11.5. The molecule has 0 radical (unpaired) electrons. The van der Waals surface area contributed by atoms with Gasteiger partial charge in [-0.3, -0.25) is 0 Å². The van der Waals surface area contributed by atoms with E-state index in [2.05, 4.69) is 21.0 Å². The van der Waals surface area contributed by atoms with Gasteiger partial charge < -0.3 is 4.79 Å². The third kappa shape index (κ3) is 1.99. The molecule has 0 aliphatic rings. The Balaban J connectivity index is 2.46.